The van der Waals surface area contributed by atoms with E-state index in [1.54, 1.807) is 31.1 Å². The summed E-state index contributed by atoms with van der Waals surface area (Å²) in [6, 6.07) is 12.5. The molecule has 13 nitrogen and oxygen atoms in total. The summed E-state index contributed by atoms with van der Waals surface area (Å²) in [6.07, 6.45) is 3.13. The molecule has 2 aromatic carbocycles. The normalized spacial score (nSPS) is 16.4. The van der Waals surface area contributed by atoms with Gasteiger partial charge in [-0.15, -0.1) is 0 Å². The average Bonchev–Trinajstić information content (AvgIpc) is 3.74. The van der Waals surface area contributed by atoms with Gasteiger partial charge in [0.1, 0.15) is 5.56 Å². The van der Waals surface area contributed by atoms with Crippen LogP contribution in [0.2, 0.25) is 5.02 Å². The maximum absolute atomic E-state index is 13.2. The van der Waals surface area contributed by atoms with E-state index in [9.17, 15) is 24.0 Å². The minimum Gasteiger partial charge on any atom is -0.481 e. The molecule has 2 N–H and O–H groups in total. The lowest BCUT2D eigenvalue weighted by atomic mass is 9.96. The molecule has 0 spiro atoms. The summed E-state index contributed by atoms with van der Waals surface area (Å²) in [5.74, 6) is -0.297. The lowest BCUT2D eigenvalue weighted by molar-refractivity contribution is -0.119. The summed E-state index contributed by atoms with van der Waals surface area (Å²) in [5.41, 5.74) is 4.28. The first kappa shape index (κ1) is 35.4. The zero-order valence-corrected chi connectivity index (χ0v) is 29.8. The lowest BCUT2D eigenvalue weighted by Crippen LogP contribution is -2.43. The van der Waals surface area contributed by atoms with Gasteiger partial charge < -0.3 is 24.7 Å². The number of ether oxygens (including phenoxy) is 2. The Labute approximate surface area is 299 Å². The minimum atomic E-state index is -0.695. The van der Waals surface area contributed by atoms with Crippen LogP contribution in [0, 0.1) is 6.92 Å². The second-order valence-electron chi connectivity index (χ2n) is 12.7. The molecule has 0 bridgehead atoms. The van der Waals surface area contributed by atoms with Gasteiger partial charge in [0, 0.05) is 61.7 Å². The number of carbonyl (C=O) groups excluding carboxylic acids is 3. The van der Waals surface area contributed by atoms with Crippen molar-refractivity contribution in [2.75, 3.05) is 25.6 Å². The van der Waals surface area contributed by atoms with E-state index in [4.69, 9.17) is 26.1 Å². The zero-order chi connectivity index (χ0) is 36.6. The van der Waals surface area contributed by atoms with E-state index in [1.807, 2.05) is 37.3 Å². The molecule has 2 aliphatic rings. The van der Waals surface area contributed by atoms with E-state index in [0.29, 0.717) is 71.2 Å². The number of amides is 3. The summed E-state index contributed by atoms with van der Waals surface area (Å²) in [4.78, 5) is 69.7. The second kappa shape index (κ2) is 14.4. The van der Waals surface area contributed by atoms with Gasteiger partial charge in [-0.3, -0.25) is 23.9 Å². The molecule has 0 unspecified atom stereocenters. The van der Waals surface area contributed by atoms with Gasteiger partial charge >= 0.3 is 11.8 Å². The smallest absolute Gasteiger partial charge is 0.410 e. The minimum absolute atomic E-state index is 0.0290. The van der Waals surface area contributed by atoms with Crippen LogP contribution >= 0.6 is 11.6 Å². The Hall–Kier alpha value is -5.43. The maximum atomic E-state index is 13.2. The monoisotopic (exact) mass is 714 g/mol. The highest BCUT2D eigenvalue weighted by molar-refractivity contribution is 6.36. The number of nitrogens with zero attached hydrogens (tertiary/aromatic N) is 4. The average molecular weight is 715 g/mol. The van der Waals surface area contributed by atoms with Crippen LogP contribution in [0.3, 0.4) is 0 Å². The number of benzene rings is 2. The topological polar surface area (TPSA) is 154 Å². The van der Waals surface area contributed by atoms with Crippen LogP contribution in [0.4, 0.5) is 10.5 Å². The molecule has 1 aliphatic carbocycles. The van der Waals surface area contributed by atoms with Crippen molar-refractivity contribution in [2.24, 2.45) is 14.1 Å². The molecular formula is C37H39ClN6O7. The largest absolute Gasteiger partial charge is 0.481 e. The molecule has 1 fully saturated rings. The van der Waals surface area contributed by atoms with E-state index in [-0.39, 0.29) is 30.2 Å². The molecule has 2 atom stereocenters. The zero-order valence-electron chi connectivity index (χ0n) is 29.0. The number of hydrogen-bond acceptors (Lipinski definition) is 8. The highest BCUT2D eigenvalue weighted by Gasteiger charge is 2.38. The lowest BCUT2D eigenvalue weighted by Gasteiger charge is -2.31. The maximum Gasteiger partial charge on any atom is 0.410 e. The molecule has 6 rings (SSSR count). The van der Waals surface area contributed by atoms with Gasteiger partial charge in [0.05, 0.1) is 30.5 Å². The third-order valence-corrected chi connectivity index (χ3v) is 9.95. The van der Waals surface area contributed by atoms with Gasteiger partial charge in [0.2, 0.25) is 11.8 Å². The van der Waals surface area contributed by atoms with E-state index in [1.165, 1.54) is 24.9 Å². The first-order valence-electron chi connectivity index (χ1n) is 16.7. The molecule has 51 heavy (non-hydrogen) atoms. The van der Waals surface area contributed by atoms with Crippen molar-refractivity contribution in [3.8, 4) is 28.3 Å². The number of hydrogen-bond donors (Lipinski definition) is 2. The van der Waals surface area contributed by atoms with Crippen LogP contribution in [0.1, 0.15) is 59.3 Å². The van der Waals surface area contributed by atoms with E-state index in [0.717, 1.165) is 21.3 Å². The summed E-state index contributed by atoms with van der Waals surface area (Å²) in [5, 5.41) is 6.20. The fourth-order valence-corrected chi connectivity index (χ4v) is 7.25. The highest BCUT2D eigenvalue weighted by atomic mass is 35.5. The standard InChI is InChI=1S/C37H39ClN6O7/c1-6-51-37(49)44(18-22-14-16-30(45)39-22)29-15-13-21-17-28(41-34(50-5)31(21)29)25-11-7-10-24(32(25)38)23-9-8-12-27(20(23)2)40-33(46)26-19-42(3)36(48)43(4)35(26)47/h7-12,17,19,22,29H,6,13-16,18H2,1-5H3,(H,39,45)(H,40,46)/t22-,29-/m0/s1. The van der Waals surface area contributed by atoms with E-state index >= 15 is 0 Å². The SMILES string of the molecule is CCOC(=O)N(C[C@@H]1CCC(=O)N1)[C@H]1CCc2cc(-c3cccc(-c4cccc(NC(=O)c5cn(C)c(=O)n(C)c5=O)c4C)c3Cl)nc(OC)c21. The van der Waals surface area contributed by atoms with Gasteiger partial charge in [-0.2, -0.15) is 0 Å². The van der Waals surface area contributed by atoms with Crippen molar-refractivity contribution in [1.29, 1.82) is 0 Å². The number of methoxy groups -OCH3 is 1. The van der Waals surface area contributed by atoms with E-state index in [2.05, 4.69) is 10.6 Å². The summed E-state index contributed by atoms with van der Waals surface area (Å²) >= 11 is 7.13. The molecule has 4 aromatic rings. The van der Waals surface area contributed by atoms with Crippen molar-refractivity contribution in [3.05, 3.63) is 96.8 Å². The molecular weight excluding hydrogens is 676 g/mol. The van der Waals surface area contributed by atoms with Crippen molar-refractivity contribution in [3.63, 3.8) is 0 Å². The molecule has 14 heteroatoms. The molecule has 3 amide bonds. The fraction of sp³-hybridized carbons (Fsp3) is 0.351. The molecule has 0 saturated carbocycles. The third kappa shape index (κ3) is 6.73. The number of aromatic nitrogens is 3. The Morgan fingerprint density at radius 2 is 1.78 bits per heavy atom. The molecule has 266 valence electrons. The first-order valence-corrected chi connectivity index (χ1v) is 17.1. The number of rotatable bonds is 9. The van der Waals surface area contributed by atoms with Crippen LogP contribution in [-0.4, -0.2) is 63.2 Å². The quantitative estimate of drug-likeness (QED) is 0.252. The van der Waals surface area contributed by atoms with Crippen molar-refractivity contribution >= 4 is 35.2 Å². The number of anilines is 1. The van der Waals surface area contributed by atoms with Gasteiger partial charge in [0.25, 0.3) is 11.5 Å². The molecule has 1 saturated heterocycles. The van der Waals surface area contributed by atoms with Gasteiger partial charge in [-0.05, 0) is 61.9 Å². The number of pyridine rings is 1. The molecule has 1 aliphatic heterocycles. The summed E-state index contributed by atoms with van der Waals surface area (Å²) < 4.78 is 13.3. The number of halogens is 1. The number of fused-ring (bicyclic) bond motifs is 1. The summed E-state index contributed by atoms with van der Waals surface area (Å²) in [7, 11) is 4.34. The van der Waals surface area contributed by atoms with Crippen molar-refractivity contribution < 1.29 is 23.9 Å². The van der Waals surface area contributed by atoms with Crippen LogP contribution in [0.25, 0.3) is 22.4 Å². The fourth-order valence-electron chi connectivity index (χ4n) is 6.93. The van der Waals surface area contributed by atoms with Gasteiger partial charge in [0.15, 0.2) is 0 Å². The Bertz CT molecular complexity index is 2180. The number of aryl methyl sites for hydroxylation is 2. The Morgan fingerprint density at radius 3 is 2.49 bits per heavy atom. The second-order valence-corrected chi connectivity index (χ2v) is 13.1. The Morgan fingerprint density at radius 1 is 1.06 bits per heavy atom. The predicted octanol–water partition coefficient (Wildman–Crippen LogP) is 4.76. The van der Waals surface area contributed by atoms with Crippen molar-refractivity contribution in [1.82, 2.24) is 24.3 Å². The number of nitrogens with one attached hydrogen (secondary N) is 2. The van der Waals surface area contributed by atoms with Crippen molar-refractivity contribution in [2.45, 2.75) is 51.6 Å². The van der Waals surface area contributed by atoms with E-state index < -0.39 is 23.2 Å². The van der Waals surface area contributed by atoms with Gasteiger partial charge in [-0.25, -0.2) is 14.6 Å². The van der Waals surface area contributed by atoms with Crippen LogP contribution < -0.4 is 26.6 Å². The first-order chi connectivity index (χ1) is 24.4. The third-order valence-electron chi connectivity index (χ3n) is 9.54. The molecule has 2 aromatic heterocycles. The van der Waals surface area contributed by atoms with Crippen LogP contribution in [0.5, 0.6) is 5.88 Å². The number of carbonyl (C=O) groups is 3. The Balaban J connectivity index is 1.33. The van der Waals surface area contributed by atoms with Crippen LogP contribution in [-0.2, 0) is 30.0 Å². The van der Waals surface area contributed by atoms with Crippen LogP contribution in [0.15, 0.2) is 58.3 Å². The highest BCUT2D eigenvalue weighted by Crippen LogP contribution is 2.45. The summed E-state index contributed by atoms with van der Waals surface area (Å²) in [6.45, 7) is 4.14. The molecule has 3 heterocycles. The Kier molecular flexibility index (Phi) is 10.0. The van der Waals surface area contributed by atoms with Gasteiger partial charge in [-0.1, -0.05) is 41.9 Å². The molecule has 0 radical (unpaired) electrons. The predicted molar refractivity (Wildman–Crippen MR) is 192 cm³/mol.